The van der Waals surface area contributed by atoms with Crippen LogP contribution in [0.1, 0.15) is 27.7 Å². The fourth-order valence-corrected chi connectivity index (χ4v) is 0.325. The summed E-state index contributed by atoms with van der Waals surface area (Å²) in [6.45, 7) is 13.2. The molecule has 0 spiro atoms. The number of carbonyl (C=O) groups excluding carboxylic acids is 1. The van der Waals surface area contributed by atoms with Crippen LogP contribution < -0.4 is 0 Å². The number of aliphatic carboxylic acids is 2. The van der Waals surface area contributed by atoms with E-state index in [0.717, 1.165) is 6.08 Å². The van der Waals surface area contributed by atoms with Gasteiger partial charge in [-0.25, -0.2) is 14.4 Å². The number of esters is 1. The molecule has 0 saturated carbocycles. The molecule has 0 unspecified atom stereocenters. The summed E-state index contributed by atoms with van der Waals surface area (Å²) < 4.78 is 4.43. The van der Waals surface area contributed by atoms with Crippen molar-refractivity contribution in [2.75, 3.05) is 6.61 Å². The Morgan fingerprint density at radius 3 is 1.60 bits per heavy atom. The molecule has 0 aromatic heterocycles. The van der Waals surface area contributed by atoms with E-state index in [2.05, 4.69) is 17.9 Å². The minimum Gasteiger partial charge on any atom is -0.478 e. The van der Waals surface area contributed by atoms with E-state index in [1.54, 1.807) is 26.8 Å². The molecule has 0 rings (SSSR count). The molecule has 0 saturated heterocycles. The lowest BCUT2D eigenvalue weighted by Crippen LogP contribution is -1.97. The number of hydrogen-bond acceptors (Lipinski definition) is 4. The van der Waals surface area contributed by atoms with E-state index in [-0.39, 0.29) is 11.5 Å². The molecule has 0 fully saturated rings. The summed E-state index contributed by atoms with van der Waals surface area (Å²) in [5.41, 5.74) is 0.565. The lowest BCUT2D eigenvalue weighted by Gasteiger charge is -1.90. The molecule has 6 heteroatoms. The van der Waals surface area contributed by atoms with Crippen molar-refractivity contribution < 1.29 is 29.3 Å². The third-order valence-electron chi connectivity index (χ3n) is 1.59. The number of carboxylic acids is 2. The zero-order valence-electron chi connectivity index (χ0n) is 12.3. The van der Waals surface area contributed by atoms with Crippen molar-refractivity contribution in [3.63, 3.8) is 0 Å². The first kappa shape index (κ1) is 22.8. The molecule has 0 amide bonds. The number of rotatable bonds is 4. The van der Waals surface area contributed by atoms with E-state index in [1.807, 2.05) is 0 Å². The number of carbonyl (C=O) groups is 3. The summed E-state index contributed by atoms with van der Waals surface area (Å²) in [4.78, 5) is 29.5. The molecule has 114 valence electrons. The standard InChI is InChI=1S/2C5H8O2.C4H6O2/c1-3-5(6)7-4-2;1-3-4(2)5(6)7;1-3(2)4(5)6/h3H,1,4H2,2H3;3H,1-2H3,(H,6,7);1H2,2H3,(H,5,6). The SMILES string of the molecule is C=C(C)C(=O)O.C=CC(=O)OCC.CC=C(C)C(=O)O. The summed E-state index contributed by atoms with van der Waals surface area (Å²) in [5.74, 6) is -2.14. The van der Waals surface area contributed by atoms with Gasteiger partial charge in [-0.2, -0.15) is 0 Å². The summed E-state index contributed by atoms with van der Waals surface area (Å²) in [6.07, 6.45) is 2.70. The van der Waals surface area contributed by atoms with E-state index in [1.165, 1.54) is 6.92 Å². The second-order valence-electron chi connectivity index (χ2n) is 3.32. The van der Waals surface area contributed by atoms with Gasteiger partial charge in [0.05, 0.1) is 6.61 Å². The first-order chi connectivity index (χ1) is 9.13. The molecule has 2 N–H and O–H groups in total. The van der Waals surface area contributed by atoms with Crippen molar-refractivity contribution in [2.45, 2.75) is 27.7 Å². The van der Waals surface area contributed by atoms with Gasteiger partial charge in [-0.3, -0.25) is 0 Å². The molecule has 0 aromatic carbocycles. The van der Waals surface area contributed by atoms with Crippen LogP contribution in [-0.4, -0.2) is 34.7 Å². The maximum absolute atomic E-state index is 10.1. The topological polar surface area (TPSA) is 101 Å². The van der Waals surface area contributed by atoms with Crippen LogP contribution in [0, 0.1) is 0 Å². The lowest BCUT2D eigenvalue weighted by atomic mass is 10.3. The fourth-order valence-electron chi connectivity index (χ4n) is 0.325. The molecule has 20 heavy (non-hydrogen) atoms. The summed E-state index contributed by atoms with van der Waals surface area (Å²) in [5, 5.41) is 16.0. The number of allylic oxidation sites excluding steroid dienone is 1. The maximum atomic E-state index is 10.1. The summed E-state index contributed by atoms with van der Waals surface area (Å²) in [7, 11) is 0. The Bertz CT molecular complexity index is 367. The van der Waals surface area contributed by atoms with Gasteiger partial charge < -0.3 is 14.9 Å². The monoisotopic (exact) mass is 286 g/mol. The third-order valence-corrected chi connectivity index (χ3v) is 1.59. The van der Waals surface area contributed by atoms with Gasteiger partial charge in [-0.05, 0) is 27.7 Å². The second kappa shape index (κ2) is 14.7. The van der Waals surface area contributed by atoms with E-state index in [0.29, 0.717) is 12.2 Å². The van der Waals surface area contributed by atoms with Gasteiger partial charge in [0.15, 0.2) is 0 Å². The lowest BCUT2D eigenvalue weighted by molar-refractivity contribution is -0.137. The molecular weight excluding hydrogens is 264 g/mol. The van der Waals surface area contributed by atoms with Crippen molar-refractivity contribution in [3.05, 3.63) is 36.5 Å². The van der Waals surface area contributed by atoms with Crippen molar-refractivity contribution >= 4 is 17.9 Å². The Labute approximate surface area is 119 Å². The van der Waals surface area contributed by atoms with Gasteiger partial charge in [0.2, 0.25) is 0 Å². The second-order valence-corrected chi connectivity index (χ2v) is 3.32. The Balaban J connectivity index is -0.000000218. The third kappa shape index (κ3) is 21.0. The van der Waals surface area contributed by atoms with Crippen LogP contribution in [0.15, 0.2) is 36.5 Å². The summed E-state index contributed by atoms with van der Waals surface area (Å²) >= 11 is 0. The van der Waals surface area contributed by atoms with E-state index >= 15 is 0 Å². The van der Waals surface area contributed by atoms with Crippen molar-refractivity contribution in [3.8, 4) is 0 Å². The highest BCUT2D eigenvalue weighted by Crippen LogP contribution is 1.87. The summed E-state index contributed by atoms with van der Waals surface area (Å²) in [6, 6.07) is 0. The van der Waals surface area contributed by atoms with Gasteiger partial charge in [0, 0.05) is 17.2 Å². The number of hydrogen-bond donors (Lipinski definition) is 2. The van der Waals surface area contributed by atoms with E-state index < -0.39 is 11.9 Å². The van der Waals surface area contributed by atoms with E-state index in [9.17, 15) is 14.4 Å². The van der Waals surface area contributed by atoms with Gasteiger partial charge in [-0.15, -0.1) is 0 Å². The smallest absolute Gasteiger partial charge is 0.330 e. The highest BCUT2D eigenvalue weighted by Gasteiger charge is 1.93. The van der Waals surface area contributed by atoms with E-state index in [4.69, 9.17) is 10.2 Å². The molecular formula is C14H22O6. The van der Waals surface area contributed by atoms with Crippen LogP contribution in [0.4, 0.5) is 0 Å². The molecule has 0 aliphatic carbocycles. The van der Waals surface area contributed by atoms with Crippen LogP contribution in [-0.2, 0) is 19.1 Å². The van der Waals surface area contributed by atoms with Crippen molar-refractivity contribution in [1.82, 2.24) is 0 Å². The first-order valence-corrected chi connectivity index (χ1v) is 5.68. The average molecular weight is 286 g/mol. The molecule has 0 radical (unpaired) electrons. The van der Waals surface area contributed by atoms with Crippen LogP contribution in [0.2, 0.25) is 0 Å². The van der Waals surface area contributed by atoms with Gasteiger partial charge in [0.1, 0.15) is 0 Å². The molecule has 0 aliphatic rings. The highest BCUT2D eigenvalue weighted by molar-refractivity contribution is 5.85. The predicted octanol–water partition coefficient (Wildman–Crippen LogP) is 2.42. The normalized spacial score (nSPS) is 8.90. The largest absolute Gasteiger partial charge is 0.478 e. The zero-order valence-corrected chi connectivity index (χ0v) is 12.3. The Kier molecular flexibility index (Phi) is 16.7. The highest BCUT2D eigenvalue weighted by atomic mass is 16.5. The first-order valence-electron chi connectivity index (χ1n) is 5.68. The van der Waals surface area contributed by atoms with Crippen molar-refractivity contribution in [2.24, 2.45) is 0 Å². The molecule has 0 bridgehead atoms. The fraction of sp³-hybridized carbons (Fsp3) is 0.357. The molecule has 0 atom stereocenters. The molecule has 6 nitrogen and oxygen atoms in total. The maximum Gasteiger partial charge on any atom is 0.330 e. The van der Waals surface area contributed by atoms with Gasteiger partial charge in [-0.1, -0.05) is 19.2 Å². The molecule has 0 heterocycles. The molecule has 0 aromatic rings. The molecule has 0 aliphatic heterocycles. The minimum absolute atomic E-state index is 0.176. The number of ether oxygens (including phenoxy) is 1. The van der Waals surface area contributed by atoms with Crippen molar-refractivity contribution in [1.29, 1.82) is 0 Å². The quantitative estimate of drug-likeness (QED) is 0.608. The Morgan fingerprint density at radius 2 is 1.55 bits per heavy atom. The Hall–Kier alpha value is -2.37. The van der Waals surface area contributed by atoms with Gasteiger partial charge in [0.25, 0.3) is 0 Å². The van der Waals surface area contributed by atoms with Crippen LogP contribution in [0.3, 0.4) is 0 Å². The van der Waals surface area contributed by atoms with Crippen LogP contribution in [0.5, 0.6) is 0 Å². The zero-order chi connectivity index (χ0) is 16.7. The number of carboxylic acid groups (broad SMARTS) is 2. The average Bonchev–Trinajstić information content (AvgIpc) is 2.39. The van der Waals surface area contributed by atoms with Crippen LogP contribution in [0.25, 0.3) is 0 Å². The minimum atomic E-state index is -0.935. The van der Waals surface area contributed by atoms with Gasteiger partial charge >= 0.3 is 17.9 Å². The predicted molar refractivity (Wildman–Crippen MR) is 76.3 cm³/mol. The Morgan fingerprint density at radius 1 is 1.15 bits per heavy atom. The van der Waals surface area contributed by atoms with Crippen LogP contribution >= 0.6 is 0 Å².